The molecule has 0 radical (unpaired) electrons. The van der Waals surface area contributed by atoms with Crippen molar-refractivity contribution in [2.75, 3.05) is 31.5 Å². The number of amides is 3. The summed E-state index contributed by atoms with van der Waals surface area (Å²) in [5.74, 6) is -2.09. The number of rotatable bonds is 5. The number of sulfone groups is 1. The molecule has 1 saturated heterocycles. The monoisotopic (exact) mass is 550 g/mol. The zero-order valence-corrected chi connectivity index (χ0v) is 21.5. The Morgan fingerprint density at radius 2 is 1.56 bits per heavy atom. The van der Waals surface area contributed by atoms with E-state index in [4.69, 9.17) is 0 Å². The molecule has 1 aliphatic heterocycles. The van der Waals surface area contributed by atoms with Crippen molar-refractivity contribution in [1.29, 1.82) is 0 Å². The first-order valence-electron chi connectivity index (χ1n) is 12.2. The zero-order valence-electron chi connectivity index (χ0n) is 20.7. The minimum absolute atomic E-state index is 0.126. The number of nitrogens with one attached hydrogen (secondary N) is 1. The van der Waals surface area contributed by atoms with Gasteiger partial charge in [0.25, 0.3) is 5.91 Å². The molecule has 1 N–H and O–H groups in total. The van der Waals surface area contributed by atoms with Crippen LogP contribution >= 0.6 is 0 Å². The Morgan fingerprint density at radius 3 is 2.28 bits per heavy atom. The molecule has 1 aromatic heterocycles. The minimum Gasteiger partial charge on any atom is -0.335 e. The van der Waals surface area contributed by atoms with Gasteiger partial charge in [-0.2, -0.15) is 0 Å². The summed E-state index contributed by atoms with van der Waals surface area (Å²) >= 11 is 0. The third-order valence-corrected chi connectivity index (χ3v) is 8.23. The molecule has 4 aromatic rings. The number of hydrogen-bond acceptors (Lipinski definition) is 5. The van der Waals surface area contributed by atoms with Crippen LogP contribution in [0.3, 0.4) is 0 Å². The third-order valence-electron chi connectivity index (χ3n) is 6.52. The van der Waals surface area contributed by atoms with Crippen molar-refractivity contribution < 1.29 is 26.8 Å². The highest BCUT2D eigenvalue weighted by Crippen LogP contribution is 2.24. The van der Waals surface area contributed by atoms with Crippen molar-refractivity contribution in [2.24, 2.45) is 0 Å². The average molecular weight is 551 g/mol. The molecule has 0 aliphatic carbocycles. The number of benzene rings is 3. The van der Waals surface area contributed by atoms with E-state index in [9.17, 15) is 26.8 Å². The summed E-state index contributed by atoms with van der Waals surface area (Å²) in [6.07, 6.45) is 1.55. The molecule has 1 fully saturated rings. The van der Waals surface area contributed by atoms with Crippen LogP contribution in [0.2, 0.25) is 0 Å². The molecule has 5 rings (SSSR count). The van der Waals surface area contributed by atoms with Crippen LogP contribution in [0.4, 0.5) is 19.3 Å². The molecule has 0 saturated carbocycles. The van der Waals surface area contributed by atoms with Crippen molar-refractivity contribution in [3.8, 4) is 0 Å². The quantitative estimate of drug-likeness (QED) is 0.395. The minimum atomic E-state index is -3.68. The lowest BCUT2D eigenvalue weighted by atomic mass is 10.1. The van der Waals surface area contributed by atoms with Gasteiger partial charge in [-0.1, -0.05) is 30.3 Å². The maximum absolute atomic E-state index is 13.8. The van der Waals surface area contributed by atoms with Gasteiger partial charge in [0, 0.05) is 49.4 Å². The van der Waals surface area contributed by atoms with Gasteiger partial charge in [-0.3, -0.25) is 9.78 Å². The fourth-order valence-electron chi connectivity index (χ4n) is 4.45. The number of halogens is 2. The van der Waals surface area contributed by atoms with Crippen LogP contribution in [-0.2, 0) is 15.6 Å². The predicted octanol–water partition coefficient (Wildman–Crippen LogP) is 4.48. The zero-order chi connectivity index (χ0) is 27.6. The van der Waals surface area contributed by atoms with Crippen LogP contribution in [0.15, 0.2) is 83.9 Å². The average Bonchev–Trinajstić information content (AvgIpc) is 2.94. The largest absolute Gasteiger partial charge is 0.335 e. The van der Waals surface area contributed by atoms with Gasteiger partial charge in [0.2, 0.25) is 0 Å². The van der Waals surface area contributed by atoms with E-state index in [1.54, 1.807) is 65.7 Å². The van der Waals surface area contributed by atoms with Gasteiger partial charge in [0.15, 0.2) is 9.84 Å². The lowest BCUT2D eigenvalue weighted by Gasteiger charge is -2.34. The van der Waals surface area contributed by atoms with E-state index in [2.05, 4.69) is 10.3 Å². The summed E-state index contributed by atoms with van der Waals surface area (Å²) in [5, 5.41) is 3.15. The number of urea groups is 1. The second kappa shape index (κ2) is 10.8. The number of pyridine rings is 1. The van der Waals surface area contributed by atoms with E-state index in [0.717, 1.165) is 17.5 Å². The van der Waals surface area contributed by atoms with Crippen LogP contribution in [0.1, 0.15) is 15.9 Å². The van der Waals surface area contributed by atoms with Gasteiger partial charge in [-0.15, -0.1) is 0 Å². The van der Waals surface area contributed by atoms with E-state index in [0.29, 0.717) is 22.7 Å². The first-order chi connectivity index (χ1) is 18.7. The van der Waals surface area contributed by atoms with Gasteiger partial charge in [0.1, 0.15) is 11.6 Å². The number of para-hydroxylation sites is 1. The molecule has 2 heterocycles. The lowest BCUT2D eigenvalue weighted by Crippen LogP contribution is -2.51. The fraction of sp³-hybridized carbons (Fsp3) is 0.179. The molecule has 3 aromatic carbocycles. The van der Waals surface area contributed by atoms with E-state index >= 15 is 0 Å². The molecule has 200 valence electrons. The second-order valence-corrected chi connectivity index (χ2v) is 11.1. The molecule has 8 nitrogen and oxygen atoms in total. The molecule has 11 heteroatoms. The highest BCUT2D eigenvalue weighted by atomic mass is 32.2. The highest BCUT2D eigenvalue weighted by molar-refractivity contribution is 7.90. The predicted molar refractivity (Wildman–Crippen MR) is 142 cm³/mol. The molecule has 3 amide bonds. The maximum Gasteiger partial charge on any atom is 0.322 e. The molecule has 0 unspecified atom stereocenters. The van der Waals surface area contributed by atoms with Gasteiger partial charge >= 0.3 is 6.03 Å². The van der Waals surface area contributed by atoms with Crippen molar-refractivity contribution in [3.63, 3.8) is 0 Å². The summed E-state index contributed by atoms with van der Waals surface area (Å²) < 4.78 is 53.2. The van der Waals surface area contributed by atoms with Crippen LogP contribution in [-0.4, -0.2) is 61.3 Å². The number of hydrogen-bond donors (Lipinski definition) is 1. The SMILES string of the molecule is O=C(Nc1ccc(F)cc1F)N1CCN(C(=O)c2ccc(CS(=O)(=O)c3cccc4cccnc34)cc2)CC1. The van der Waals surface area contributed by atoms with E-state index < -0.39 is 27.5 Å². The van der Waals surface area contributed by atoms with E-state index in [-0.39, 0.29) is 48.4 Å². The lowest BCUT2D eigenvalue weighted by molar-refractivity contribution is 0.0671. The number of nitrogens with zero attached hydrogens (tertiary/aromatic N) is 3. The third kappa shape index (κ3) is 5.73. The number of fused-ring (bicyclic) bond motifs is 1. The summed E-state index contributed by atoms with van der Waals surface area (Å²) in [5.41, 5.74) is 1.23. The van der Waals surface area contributed by atoms with E-state index in [1.165, 1.54) is 4.90 Å². The smallest absolute Gasteiger partial charge is 0.322 e. The molecular formula is C28H24F2N4O4S. The number of carbonyl (C=O) groups is 2. The summed E-state index contributed by atoms with van der Waals surface area (Å²) in [6, 6.07) is 17.3. The summed E-state index contributed by atoms with van der Waals surface area (Å²) in [4.78, 5) is 32.9. The van der Waals surface area contributed by atoms with Crippen molar-refractivity contribution in [2.45, 2.75) is 10.6 Å². The van der Waals surface area contributed by atoms with Crippen LogP contribution in [0.25, 0.3) is 10.9 Å². The number of aromatic nitrogens is 1. The Labute approximate surface area is 223 Å². The van der Waals surface area contributed by atoms with Crippen LogP contribution < -0.4 is 5.32 Å². The van der Waals surface area contributed by atoms with E-state index in [1.807, 2.05) is 0 Å². The van der Waals surface area contributed by atoms with Crippen LogP contribution in [0.5, 0.6) is 0 Å². The van der Waals surface area contributed by atoms with Crippen molar-refractivity contribution in [1.82, 2.24) is 14.8 Å². The normalized spacial score (nSPS) is 13.9. The van der Waals surface area contributed by atoms with Gasteiger partial charge in [0.05, 0.1) is 21.9 Å². The molecule has 0 atom stereocenters. The Bertz CT molecular complexity index is 1650. The first-order valence-corrected chi connectivity index (χ1v) is 13.8. The molecular weight excluding hydrogens is 526 g/mol. The topological polar surface area (TPSA) is 99.7 Å². The molecule has 1 aliphatic rings. The van der Waals surface area contributed by atoms with Gasteiger partial charge in [-0.05, 0) is 42.0 Å². The highest BCUT2D eigenvalue weighted by Gasteiger charge is 2.26. The van der Waals surface area contributed by atoms with Crippen molar-refractivity contribution in [3.05, 3.63) is 102 Å². The summed E-state index contributed by atoms with van der Waals surface area (Å²) in [6.45, 7) is 0.996. The number of anilines is 1. The Morgan fingerprint density at radius 1 is 0.872 bits per heavy atom. The summed E-state index contributed by atoms with van der Waals surface area (Å²) in [7, 11) is -3.68. The molecule has 0 bridgehead atoms. The van der Waals surface area contributed by atoms with Gasteiger partial charge < -0.3 is 15.1 Å². The number of carbonyl (C=O) groups excluding carboxylic acids is 2. The Hall–Kier alpha value is -4.38. The first kappa shape index (κ1) is 26.2. The van der Waals surface area contributed by atoms with Gasteiger partial charge in [-0.25, -0.2) is 22.0 Å². The second-order valence-electron chi connectivity index (χ2n) is 9.12. The Kier molecular flexibility index (Phi) is 7.25. The standard InChI is InChI=1S/C28H24F2N4O4S/c29-22-10-11-24(23(30)17-22)32-28(36)34-15-13-33(14-16-34)27(35)21-8-6-19(7-9-21)18-39(37,38)25-5-1-3-20-4-2-12-31-26(20)25/h1-12,17H,13-16,18H2,(H,32,36). The van der Waals surface area contributed by atoms with Crippen LogP contribution in [0, 0.1) is 11.6 Å². The Balaban J connectivity index is 1.19. The molecule has 0 spiro atoms. The maximum atomic E-state index is 13.8. The van der Waals surface area contributed by atoms with Crippen molar-refractivity contribution >= 4 is 38.4 Å². The fourth-order valence-corrected chi connectivity index (χ4v) is 5.99. The number of piperazine rings is 1. The molecule has 39 heavy (non-hydrogen) atoms.